The van der Waals surface area contributed by atoms with Crippen LogP contribution >= 0.6 is 11.8 Å². The molecule has 0 bridgehead atoms. The number of rotatable bonds is 6. The Kier molecular flexibility index (Phi) is 5.04. The van der Waals surface area contributed by atoms with Gasteiger partial charge in [-0.05, 0) is 36.3 Å². The van der Waals surface area contributed by atoms with E-state index < -0.39 is 23.5 Å². The summed E-state index contributed by atoms with van der Waals surface area (Å²) in [6.45, 7) is 1.77. The van der Waals surface area contributed by atoms with Gasteiger partial charge in [-0.1, -0.05) is 6.92 Å². The molecule has 0 aliphatic carbocycles. The number of hydrogen-bond donors (Lipinski definition) is 2. The lowest BCUT2D eigenvalue weighted by atomic mass is 9.99. The Morgan fingerprint density at radius 3 is 2.92 bits per heavy atom. The fourth-order valence-corrected chi connectivity index (χ4v) is 3.70. The van der Waals surface area contributed by atoms with Crippen LogP contribution in [0.25, 0.3) is 10.8 Å². The summed E-state index contributed by atoms with van der Waals surface area (Å²) in [6, 6.07) is 4.87. The summed E-state index contributed by atoms with van der Waals surface area (Å²) in [5.74, 6) is -0.714. The number of primary amides is 1. The summed E-state index contributed by atoms with van der Waals surface area (Å²) < 4.78 is 20.1. The highest BCUT2D eigenvalue weighted by Crippen LogP contribution is 2.32. The third-order valence-electron chi connectivity index (χ3n) is 4.61. The molecule has 1 aliphatic rings. The smallest absolute Gasteiger partial charge is 0.258 e. The third kappa shape index (κ3) is 3.33. The van der Waals surface area contributed by atoms with E-state index >= 15 is 0 Å². The Bertz CT molecular complexity index is 876. The van der Waals surface area contributed by atoms with E-state index in [0.717, 1.165) is 15.7 Å². The molecule has 26 heavy (non-hydrogen) atoms. The molecule has 0 spiro atoms. The van der Waals surface area contributed by atoms with Gasteiger partial charge in [0.25, 0.3) is 5.91 Å². The van der Waals surface area contributed by atoms with Crippen LogP contribution < -0.4 is 15.8 Å². The number of aromatic nitrogens is 1. The predicted molar refractivity (Wildman–Crippen MR) is 98.2 cm³/mol. The number of hydrogen-bond acceptors (Lipinski definition) is 5. The maximum Gasteiger partial charge on any atom is 0.258 e. The first-order valence-electron chi connectivity index (χ1n) is 8.27. The lowest BCUT2D eigenvalue weighted by molar-refractivity contribution is -0.129. The molecule has 3 N–H and O–H groups in total. The Morgan fingerprint density at radius 2 is 2.31 bits per heavy atom. The first-order valence-corrected chi connectivity index (χ1v) is 9.49. The van der Waals surface area contributed by atoms with Crippen LogP contribution in [-0.2, 0) is 4.79 Å². The second kappa shape index (κ2) is 7.11. The van der Waals surface area contributed by atoms with Gasteiger partial charge in [-0.2, -0.15) is 0 Å². The number of benzene rings is 1. The molecule has 1 saturated heterocycles. The first-order chi connectivity index (χ1) is 12.4. The maximum absolute atomic E-state index is 14.4. The largest absolute Gasteiger partial charge is 0.475 e. The number of ether oxygens (including phenoxy) is 1. The van der Waals surface area contributed by atoms with Gasteiger partial charge in [0.15, 0.2) is 5.67 Å². The first kappa shape index (κ1) is 18.4. The monoisotopic (exact) mass is 377 g/mol. The van der Waals surface area contributed by atoms with Crippen molar-refractivity contribution in [3.63, 3.8) is 0 Å². The van der Waals surface area contributed by atoms with Gasteiger partial charge < -0.3 is 15.8 Å². The summed E-state index contributed by atoms with van der Waals surface area (Å²) in [5.41, 5.74) is 4.05. The SMILES string of the molecule is CC[C@]1(F)C[C@@H](COc2nccc3cc(C(N)=O)c(SC)cc23)NC1=O. The number of amides is 2. The van der Waals surface area contributed by atoms with E-state index in [-0.39, 0.29) is 19.4 Å². The molecular weight excluding hydrogens is 357 g/mol. The minimum atomic E-state index is -1.83. The zero-order valence-electron chi connectivity index (χ0n) is 14.5. The lowest BCUT2D eigenvalue weighted by Gasteiger charge is -2.15. The molecule has 0 radical (unpaired) electrons. The highest BCUT2D eigenvalue weighted by molar-refractivity contribution is 7.98. The minimum Gasteiger partial charge on any atom is -0.475 e. The summed E-state index contributed by atoms with van der Waals surface area (Å²) in [4.78, 5) is 28.3. The topological polar surface area (TPSA) is 94.3 Å². The summed E-state index contributed by atoms with van der Waals surface area (Å²) in [5, 5.41) is 4.13. The normalized spacial score (nSPS) is 22.4. The summed E-state index contributed by atoms with van der Waals surface area (Å²) in [6.07, 6.45) is 3.63. The van der Waals surface area contributed by atoms with E-state index in [4.69, 9.17) is 10.5 Å². The zero-order chi connectivity index (χ0) is 18.9. The molecule has 2 amide bonds. The molecule has 2 aromatic rings. The van der Waals surface area contributed by atoms with Crippen molar-refractivity contribution >= 4 is 34.3 Å². The second-order valence-corrected chi connectivity index (χ2v) is 7.11. The number of carbonyl (C=O) groups excluding carboxylic acids is 2. The molecule has 1 fully saturated rings. The van der Waals surface area contributed by atoms with Crippen LogP contribution in [0.3, 0.4) is 0 Å². The average Bonchev–Trinajstić information content (AvgIpc) is 2.93. The van der Waals surface area contributed by atoms with Crippen molar-refractivity contribution in [2.24, 2.45) is 5.73 Å². The van der Waals surface area contributed by atoms with Gasteiger partial charge in [0, 0.05) is 22.9 Å². The molecule has 0 saturated carbocycles. The van der Waals surface area contributed by atoms with Crippen LogP contribution in [0.15, 0.2) is 29.3 Å². The number of nitrogens with two attached hydrogens (primary N) is 1. The van der Waals surface area contributed by atoms with E-state index in [2.05, 4.69) is 10.3 Å². The van der Waals surface area contributed by atoms with Gasteiger partial charge >= 0.3 is 0 Å². The fourth-order valence-electron chi connectivity index (χ4n) is 3.08. The van der Waals surface area contributed by atoms with Gasteiger partial charge in [-0.3, -0.25) is 9.59 Å². The Labute approximate surface area is 154 Å². The molecular formula is C18H20FN3O3S. The minimum absolute atomic E-state index is 0.0784. The molecule has 138 valence electrons. The van der Waals surface area contributed by atoms with E-state index in [0.29, 0.717) is 11.4 Å². The lowest BCUT2D eigenvalue weighted by Crippen LogP contribution is -2.34. The number of carbonyl (C=O) groups is 2. The Hall–Kier alpha value is -2.35. The quantitative estimate of drug-likeness (QED) is 0.754. The van der Waals surface area contributed by atoms with Gasteiger partial charge in [0.05, 0.1) is 11.6 Å². The number of thioether (sulfide) groups is 1. The molecule has 0 unspecified atom stereocenters. The van der Waals surface area contributed by atoms with Gasteiger partial charge in [-0.25, -0.2) is 9.37 Å². The molecule has 2 atom stereocenters. The van der Waals surface area contributed by atoms with Crippen LogP contribution in [0.1, 0.15) is 30.1 Å². The fraction of sp³-hybridized carbons (Fsp3) is 0.389. The number of pyridine rings is 1. The highest BCUT2D eigenvalue weighted by atomic mass is 32.2. The van der Waals surface area contributed by atoms with E-state index in [1.54, 1.807) is 31.3 Å². The van der Waals surface area contributed by atoms with Crippen LogP contribution in [0, 0.1) is 0 Å². The van der Waals surface area contributed by atoms with Crippen molar-refractivity contribution in [2.75, 3.05) is 12.9 Å². The van der Waals surface area contributed by atoms with Crippen molar-refractivity contribution in [3.8, 4) is 5.88 Å². The average molecular weight is 377 g/mol. The van der Waals surface area contributed by atoms with Crippen LogP contribution in [0.5, 0.6) is 5.88 Å². The molecule has 1 aromatic heterocycles. The number of fused-ring (bicyclic) bond motifs is 1. The predicted octanol–water partition coefficient (Wildman–Crippen LogP) is 2.44. The van der Waals surface area contributed by atoms with Crippen molar-refractivity contribution in [1.82, 2.24) is 10.3 Å². The van der Waals surface area contributed by atoms with E-state index in [1.165, 1.54) is 11.8 Å². The maximum atomic E-state index is 14.4. The summed E-state index contributed by atoms with van der Waals surface area (Å²) >= 11 is 1.40. The molecule has 8 heteroatoms. The van der Waals surface area contributed by atoms with Crippen molar-refractivity contribution in [1.29, 1.82) is 0 Å². The molecule has 1 aromatic carbocycles. The van der Waals surface area contributed by atoms with Crippen molar-refractivity contribution < 1.29 is 18.7 Å². The van der Waals surface area contributed by atoms with Gasteiger partial charge in [-0.15, -0.1) is 11.8 Å². The number of alkyl halides is 1. The summed E-state index contributed by atoms with van der Waals surface area (Å²) in [7, 11) is 0. The van der Waals surface area contributed by atoms with E-state index in [1.807, 2.05) is 6.26 Å². The second-order valence-electron chi connectivity index (χ2n) is 6.26. The molecule has 2 heterocycles. The Morgan fingerprint density at radius 1 is 1.54 bits per heavy atom. The van der Waals surface area contributed by atoms with Gasteiger partial charge in [0.1, 0.15) is 6.61 Å². The molecule has 6 nitrogen and oxygen atoms in total. The van der Waals surface area contributed by atoms with Crippen molar-refractivity contribution in [3.05, 3.63) is 30.0 Å². The zero-order valence-corrected chi connectivity index (χ0v) is 15.4. The Balaban J connectivity index is 1.85. The number of nitrogens with zero attached hydrogens (tertiary/aromatic N) is 1. The standard InChI is InChI=1S/C18H20FN3O3S/c1-3-18(19)8-11(22-17(18)24)9-25-16-12-7-14(26-2)13(15(20)23)6-10(12)4-5-21-16/h4-7,11H,3,8-9H2,1-2H3,(H2,20,23)(H,22,24)/t11-,18-/m0/s1. The highest BCUT2D eigenvalue weighted by Gasteiger charge is 2.46. The third-order valence-corrected chi connectivity index (χ3v) is 5.38. The van der Waals surface area contributed by atoms with Crippen LogP contribution in [0.2, 0.25) is 0 Å². The molecule has 3 rings (SSSR count). The van der Waals surface area contributed by atoms with Gasteiger partial charge in [0.2, 0.25) is 11.8 Å². The van der Waals surface area contributed by atoms with Crippen LogP contribution in [0.4, 0.5) is 4.39 Å². The number of halogens is 1. The van der Waals surface area contributed by atoms with E-state index in [9.17, 15) is 14.0 Å². The van der Waals surface area contributed by atoms with Crippen molar-refractivity contribution in [2.45, 2.75) is 36.4 Å². The number of nitrogens with one attached hydrogen (secondary N) is 1. The van der Waals surface area contributed by atoms with Crippen LogP contribution in [-0.4, -0.2) is 41.4 Å². The molecule has 1 aliphatic heterocycles.